The van der Waals surface area contributed by atoms with Gasteiger partial charge in [-0.25, -0.2) is 0 Å². The number of aliphatic hydroxyl groups is 3. The maximum Gasteiger partial charge on any atom is 0.0990 e. The van der Waals surface area contributed by atoms with Gasteiger partial charge in [0.25, 0.3) is 0 Å². The molecule has 3 unspecified atom stereocenters. The Morgan fingerprint density at radius 3 is 2.41 bits per heavy atom. The van der Waals surface area contributed by atoms with Crippen LogP contribution in [-0.2, 0) is 0 Å². The van der Waals surface area contributed by atoms with Crippen LogP contribution in [0, 0.1) is 0 Å². The predicted molar refractivity (Wildman–Crippen MR) is 69.0 cm³/mol. The highest BCUT2D eigenvalue weighted by molar-refractivity contribution is 9.10. The first-order valence-corrected chi connectivity index (χ1v) is 6.37. The lowest BCUT2D eigenvalue weighted by Gasteiger charge is -2.23. The highest BCUT2D eigenvalue weighted by atomic mass is 79.9. The molecule has 1 fully saturated rings. The molecular formula is C12H16BrNO3. The number of aliphatic hydroxyl groups excluding tert-OH is 3. The quantitative estimate of drug-likeness (QED) is 0.764. The van der Waals surface area contributed by atoms with Gasteiger partial charge in [0.05, 0.1) is 18.3 Å². The summed E-state index contributed by atoms with van der Waals surface area (Å²) in [6.45, 7) is 2.49. The molecule has 0 aliphatic carbocycles. The van der Waals surface area contributed by atoms with Crippen LogP contribution in [-0.4, -0.2) is 40.6 Å². The van der Waals surface area contributed by atoms with Gasteiger partial charge >= 0.3 is 0 Å². The zero-order valence-electron chi connectivity index (χ0n) is 9.55. The number of hydrogen-bond acceptors (Lipinski definition) is 4. The lowest BCUT2D eigenvalue weighted by Crippen LogP contribution is -2.22. The van der Waals surface area contributed by atoms with E-state index in [2.05, 4.69) is 15.9 Å². The average Bonchev–Trinajstić information content (AvgIpc) is 2.59. The van der Waals surface area contributed by atoms with Crippen molar-refractivity contribution in [3.8, 4) is 0 Å². The van der Waals surface area contributed by atoms with E-state index in [0.29, 0.717) is 13.1 Å². The van der Waals surface area contributed by atoms with Crippen LogP contribution < -0.4 is 4.90 Å². The molecule has 1 aliphatic heterocycles. The fourth-order valence-corrected chi connectivity index (χ4v) is 2.49. The van der Waals surface area contributed by atoms with Crippen LogP contribution in [0.4, 0.5) is 5.69 Å². The van der Waals surface area contributed by atoms with E-state index in [1.807, 2.05) is 23.1 Å². The third kappa shape index (κ3) is 2.63. The molecule has 94 valence electrons. The van der Waals surface area contributed by atoms with Gasteiger partial charge in [0.1, 0.15) is 0 Å². The summed E-state index contributed by atoms with van der Waals surface area (Å²) in [5.74, 6) is 0. The molecule has 3 N–H and O–H groups in total. The Kier molecular flexibility index (Phi) is 3.73. The van der Waals surface area contributed by atoms with Crippen LogP contribution >= 0.6 is 15.9 Å². The average molecular weight is 302 g/mol. The first kappa shape index (κ1) is 12.8. The molecule has 0 spiro atoms. The summed E-state index contributed by atoms with van der Waals surface area (Å²) in [5, 5.41) is 28.8. The molecule has 2 rings (SSSR count). The van der Waals surface area contributed by atoms with Crippen molar-refractivity contribution >= 4 is 21.6 Å². The minimum atomic E-state index is -0.722. The van der Waals surface area contributed by atoms with Gasteiger partial charge in [0.15, 0.2) is 0 Å². The van der Waals surface area contributed by atoms with Crippen molar-refractivity contribution in [2.75, 3.05) is 18.0 Å². The maximum atomic E-state index is 9.75. The van der Waals surface area contributed by atoms with Crippen LogP contribution in [0.15, 0.2) is 22.7 Å². The molecule has 0 saturated carbocycles. The van der Waals surface area contributed by atoms with E-state index in [0.717, 1.165) is 15.7 Å². The summed E-state index contributed by atoms with van der Waals surface area (Å²) in [5.41, 5.74) is 1.65. The predicted octanol–water partition coefficient (Wildman–Crippen LogP) is 1.04. The topological polar surface area (TPSA) is 63.9 Å². The van der Waals surface area contributed by atoms with Gasteiger partial charge in [-0.15, -0.1) is 0 Å². The molecule has 1 saturated heterocycles. The van der Waals surface area contributed by atoms with E-state index in [-0.39, 0.29) is 0 Å². The Morgan fingerprint density at radius 1 is 1.29 bits per heavy atom. The molecule has 17 heavy (non-hydrogen) atoms. The summed E-state index contributed by atoms with van der Waals surface area (Å²) in [6, 6.07) is 5.63. The number of rotatable bonds is 2. The molecule has 5 heteroatoms. The number of anilines is 1. The van der Waals surface area contributed by atoms with E-state index in [1.54, 1.807) is 6.92 Å². The van der Waals surface area contributed by atoms with Crippen molar-refractivity contribution in [2.45, 2.75) is 25.2 Å². The Hall–Kier alpha value is -0.620. The molecule has 4 nitrogen and oxygen atoms in total. The van der Waals surface area contributed by atoms with Crippen molar-refractivity contribution in [3.63, 3.8) is 0 Å². The van der Waals surface area contributed by atoms with Crippen molar-refractivity contribution in [2.24, 2.45) is 0 Å². The Balaban J connectivity index is 2.32. The van der Waals surface area contributed by atoms with Crippen LogP contribution in [0.2, 0.25) is 0 Å². The second kappa shape index (κ2) is 4.94. The summed E-state index contributed by atoms with van der Waals surface area (Å²) in [7, 11) is 0. The van der Waals surface area contributed by atoms with Gasteiger partial charge < -0.3 is 20.2 Å². The lowest BCUT2D eigenvalue weighted by atomic mass is 10.1. The number of nitrogens with zero attached hydrogens (tertiary/aromatic N) is 1. The van der Waals surface area contributed by atoms with Crippen molar-refractivity contribution < 1.29 is 15.3 Å². The number of β-amino-alcohol motifs (C(OH)–C–C–N with tert-alkyl or cyclic N) is 2. The highest BCUT2D eigenvalue weighted by Gasteiger charge is 2.31. The van der Waals surface area contributed by atoms with E-state index in [9.17, 15) is 15.3 Å². The fourth-order valence-electron chi connectivity index (χ4n) is 2.11. The molecule has 1 aromatic carbocycles. The van der Waals surface area contributed by atoms with Gasteiger partial charge in [-0.3, -0.25) is 0 Å². The third-order valence-corrected chi connectivity index (χ3v) is 3.53. The molecule has 3 atom stereocenters. The second-order valence-corrected chi connectivity index (χ2v) is 5.33. The largest absolute Gasteiger partial charge is 0.389 e. The minimum Gasteiger partial charge on any atom is -0.389 e. The first-order valence-electron chi connectivity index (χ1n) is 5.57. The smallest absolute Gasteiger partial charge is 0.0990 e. The van der Waals surface area contributed by atoms with E-state index in [4.69, 9.17) is 0 Å². The first-order chi connectivity index (χ1) is 7.99. The van der Waals surface area contributed by atoms with Gasteiger partial charge in [-0.05, 0) is 25.1 Å². The zero-order valence-corrected chi connectivity index (χ0v) is 11.1. The molecule has 0 bridgehead atoms. The Labute approximate surface area is 109 Å². The summed E-state index contributed by atoms with van der Waals surface area (Å²) < 4.78 is 0.900. The number of hydrogen-bond donors (Lipinski definition) is 3. The SMILES string of the molecule is CC(O)c1cc(Br)ccc1N1CC(O)C(O)C1. The lowest BCUT2D eigenvalue weighted by molar-refractivity contribution is 0.0572. The second-order valence-electron chi connectivity index (χ2n) is 4.42. The van der Waals surface area contributed by atoms with Crippen molar-refractivity contribution in [3.05, 3.63) is 28.2 Å². The standard InChI is InChI=1S/C12H16BrNO3/c1-7(15)9-4-8(13)2-3-10(9)14-5-11(16)12(17)6-14/h2-4,7,11-12,15-17H,5-6H2,1H3. The Morgan fingerprint density at radius 2 is 1.88 bits per heavy atom. The summed E-state index contributed by atoms with van der Waals surface area (Å²) >= 11 is 3.37. The highest BCUT2D eigenvalue weighted by Crippen LogP contribution is 2.31. The van der Waals surface area contributed by atoms with Crippen LogP contribution in [0.25, 0.3) is 0 Å². The van der Waals surface area contributed by atoms with Crippen molar-refractivity contribution in [1.29, 1.82) is 0 Å². The summed E-state index contributed by atoms with van der Waals surface area (Å²) in [4.78, 5) is 1.89. The fraction of sp³-hybridized carbons (Fsp3) is 0.500. The molecule has 1 heterocycles. The molecule has 0 radical (unpaired) electrons. The van der Waals surface area contributed by atoms with Gasteiger partial charge in [-0.1, -0.05) is 15.9 Å². The number of benzene rings is 1. The van der Waals surface area contributed by atoms with E-state index >= 15 is 0 Å². The van der Waals surface area contributed by atoms with Gasteiger partial charge in [0.2, 0.25) is 0 Å². The monoisotopic (exact) mass is 301 g/mol. The third-order valence-electron chi connectivity index (χ3n) is 3.04. The Bertz CT molecular complexity index is 401. The molecule has 0 aromatic heterocycles. The zero-order chi connectivity index (χ0) is 12.6. The van der Waals surface area contributed by atoms with Crippen molar-refractivity contribution in [1.82, 2.24) is 0 Å². The van der Waals surface area contributed by atoms with Crippen LogP contribution in [0.1, 0.15) is 18.6 Å². The molecule has 1 aromatic rings. The van der Waals surface area contributed by atoms with Gasteiger partial charge in [-0.2, -0.15) is 0 Å². The molecule has 1 aliphatic rings. The normalized spacial score (nSPS) is 26.3. The molecule has 0 amide bonds. The number of halogens is 1. The maximum absolute atomic E-state index is 9.75. The summed E-state index contributed by atoms with van der Waals surface area (Å²) in [6.07, 6.45) is -2.03. The van der Waals surface area contributed by atoms with Crippen LogP contribution in [0.3, 0.4) is 0 Å². The van der Waals surface area contributed by atoms with Crippen LogP contribution in [0.5, 0.6) is 0 Å². The molecular weight excluding hydrogens is 286 g/mol. The minimum absolute atomic E-state index is 0.391. The van der Waals surface area contributed by atoms with E-state index in [1.165, 1.54) is 0 Å². The van der Waals surface area contributed by atoms with Gasteiger partial charge in [0, 0.05) is 28.8 Å². The van der Waals surface area contributed by atoms with E-state index < -0.39 is 18.3 Å².